The first-order valence-corrected chi connectivity index (χ1v) is 10.1. The first kappa shape index (κ1) is 18.4. The molecular formula is C18H17N3O6S. The third-order valence-corrected chi connectivity index (χ3v) is 6.23. The van der Waals surface area contributed by atoms with E-state index in [4.69, 9.17) is 13.6 Å². The zero-order valence-corrected chi connectivity index (χ0v) is 15.6. The van der Waals surface area contributed by atoms with Crippen molar-refractivity contribution < 1.29 is 26.8 Å². The molecule has 1 aromatic carbocycles. The van der Waals surface area contributed by atoms with E-state index in [1.54, 1.807) is 12.1 Å². The molecule has 0 N–H and O–H groups in total. The van der Waals surface area contributed by atoms with Gasteiger partial charge in [-0.25, -0.2) is 13.2 Å². The van der Waals surface area contributed by atoms with E-state index in [-0.39, 0.29) is 28.8 Å². The lowest BCUT2D eigenvalue weighted by Crippen LogP contribution is -2.27. The van der Waals surface area contributed by atoms with E-state index in [0.29, 0.717) is 18.8 Å². The topological polar surface area (TPSA) is 116 Å². The number of esters is 1. The van der Waals surface area contributed by atoms with Crippen LogP contribution < -0.4 is 0 Å². The molecule has 0 saturated carbocycles. The molecule has 146 valence electrons. The largest absolute Gasteiger partial charge is 0.459 e. The van der Waals surface area contributed by atoms with Crippen molar-refractivity contribution in [2.75, 3.05) is 13.1 Å². The van der Waals surface area contributed by atoms with Crippen LogP contribution in [0.25, 0.3) is 11.7 Å². The summed E-state index contributed by atoms with van der Waals surface area (Å²) in [6.45, 7) is 0.840. The molecule has 3 heterocycles. The van der Waals surface area contributed by atoms with Crippen molar-refractivity contribution in [1.82, 2.24) is 14.5 Å². The molecule has 1 fully saturated rings. The Hall–Kier alpha value is -2.98. The van der Waals surface area contributed by atoms with Crippen molar-refractivity contribution in [1.29, 1.82) is 0 Å². The molecule has 1 aliphatic heterocycles. The molecule has 4 rings (SSSR count). The Bertz CT molecular complexity index is 1050. The highest BCUT2D eigenvalue weighted by Gasteiger charge is 2.27. The molecule has 0 bridgehead atoms. The van der Waals surface area contributed by atoms with Crippen LogP contribution in [-0.4, -0.2) is 42.0 Å². The van der Waals surface area contributed by atoms with E-state index >= 15 is 0 Å². The van der Waals surface area contributed by atoms with Gasteiger partial charge < -0.3 is 13.6 Å². The van der Waals surface area contributed by atoms with Crippen molar-refractivity contribution >= 4 is 16.0 Å². The molecule has 0 unspecified atom stereocenters. The minimum absolute atomic E-state index is 0.119. The number of carbonyl (C=O) groups excluding carboxylic acids is 1. The van der Waals surface area contributed by atoms with Crippen LogP contribution in [0.15, 0.2) is 56.4 Å². The minimum atomic E-state index is -3.52. The second kappa shape index (κ2) is 7.56. The van der Waals surface area contributed by atoms with E-state index in [0.717, 1.165) is 12.8 Å². The van der Waals surface area contributed by atoms with E-state index in [9.17, 15) is 13.2 Å². The van der Waals surface area contributed by atoms with Gasteiger partial charge in [0.25, 0.3) is 11.8 Å². The summed E-state index contributed by atoms with van der Waals surface area (Å²) in [5, 5.41) is 7.60. The average Bonchev–Trinajstić information content (AvgIpc) is 3.48. The third kappa shape index (κ3) is 3.69. The lowest BCUT2D eigenvalue weighted by atomic mass is 10.2. The molecule has 28 heavy (non-hydrogen) atoms. The van der Waals surface area contributed by atoms with Crippen molar-refractivity contribution in [2.24, 2.45) is 0 Å². The monoisotopic (exact) mass is 403 g/mol. The van der Waals surface area contributed by atoms with Crippen molar-refractivity contribution in [2.45, 2.75) is 24.3 Å². The van der Waals surface area contributed by atoms with E-state index < -0.39 is 16.0 Å². The molecule has 3 aromatic rings. The standard InChI is InChI=1S/C18H17N3O6S/c22-18(26-12-16-19-20-17(27-16)15-4-3-11-25-15)13-5-7-14(8-6-13)28(23,24)21-9-1-2-10-21/h3-8,11H,1-2,9-10,12H2. The SMILES string of the molecule is O=C(OCc1nnc(-c2ccco2)o1)c1ccc(S(=O)(=O)N2CCCC2)cc1. The van der Waals surface area contributed by atoms with Crippen LogP contribution in [0.1, 0.15) is 29.1 Å². The fourth-order valence-electron chi connectivity index (χ4n) is 2.86. The van der Waals surface area contributed by atoms with Crippen molar-refractivity contribution in [3.05, 3.63) is 54.1 Å². The van der Waals surface area contributed by atoms with Crippen LogP contribution >= 0.6 is 0 Å². The third-order valence-electron chi connectivity index (χ3n) is 4.32. The lowest BCUT2D eigenvalue weighted by Gasteiger charge is -2.15. The first-order chi connectivity index (χ1) is 13.5. The average molecular weight is 403 g/mol. The number of nitrogens with zero attached hydrogens (tertiary/aromatic N) is 3. The van der Waals surface area contributed by atoms with Crippen LogP contribution in [0.5, 0.6) is 0 Å². The number of ether oxygens (including phenoxy) is 1. The molecule has 2 aromatic heterocycles. The summed E-state index contributed by atoms with van der Waals surface area (Å²) >= 11 is 0. The first-order valence-electron chi connectivity index (χ1n) is 8.67. The zero-order chi connectivity index (χ0) is 19.6. The summed E-state index contributed by atoms with van der Waals surface area (Å²) in [4.78, 5) is 12.3. The molecular weight excluding hydrogens is 386 g/mol. The minimum Gasteiger partial charge on any atom is -0.459 e. The fraction of sp³-hybridized carbons (Fsp3) is 0.278. The Kier molecular flexibility index (Phi) is 4.97. The molecule has 0 aliphatic carbocycles. The summed E-state index contributed by atoms with van der Waals surface area (Å²) in [5.74, 6) is 0.100. The maximum Gasteiger partial charge on any atom is 0.338 e. The number of rotatable bonds is 6. The van der Waals surface area contributed by atoms with E-state index in [2.05, 4.69) is 10.2 Å². The molecule has 0 radical (unpaired) electrons. The normalized spacial score (nSPS) is 15.0. The summed E-state index contributed by atoms with van der Waals surface area (Å²) < 4.78 is 42.1. The predicted octanol–water partition coefficient (Wildman–Crippen LogP) is 2.47. The van der Waals surface area contributed by atoms with Gasteiger partial charge >= 0.3 is 5.97 Å². The van der Waals surface area contributed by atoms with Crippen LogP contribution in [0.3, 0.4) is 0 Å². The molecule has 1 aliphatic rings. The van der Waals surface area contributed by atoms with E-state index in [1.807, 2.05) is 0 Å². The molecule has 10 heteroatoms. The quantitative estimate of drug-likeness (QED) is 0.576. The Balaban J connectivity index is 1.39. The number of aromatic nitrogens is 2. The van der Waals surface area contributed by atoms with E-state index in [1.165, 1.54) is 34.8 Å². The molecule has 9 nitrogen and oxygen atoms in total. The van der Waals surface area contributed by atoms with Gasteiger partial charge in [0, 0.05) is 13.1 Å². The summed E-state index contributed by atoms with van der Waals surface area (Å²) in [7, 11) is -3.52. The van der Waals surface area contributed by atoms with Gasteiger partial charge in [-0.15, -0.1) is 10.2 Å². The van der Waals surface area contributed by atoms with Gasteiger partial charge in [0.2, 0.25) is 10.0 Å². The number of hydrogen-bond acceptors (Lipinski definition) is 8. The second-order valence-corrected chi connectivity index (χ2v) is 8.13. The van der Waals surface area contributed by atoms with Gasteiger partial charge in [-0.1, -0.05) is 0 Å². The maximum atomic E-state index is 12.5. The Morgan fingerprint density at radius 2 is 1.86 bits per heavy atom. The van der Waals surface area contributed by atoms with Crippen molar-refractivity contribution in [3.63, 3.8) is 0 Å². The highest BCUT2D eigenvalue weighted by atomic mass is 32.2. The van der Waals surface area contributed by atoms with Crippen LogP contribution in [0.2, 0.25) is 0 Å². The number of benzene rings is 1. The van der Waals surface area contributed by atoms with Crippen molar-refractivity contribution in [3.8, 4) is 11.7 Å². The maximum absolute atomic E-state index is 12.5. The predicted molar refractivity (Wildman–Crippen MR) is 95.6 cm³/mol. The van der Waals surface area contributed by atoms with Gasteiger partial charge in [0.15, 0.2) is 12.4 Å². The fourth-order valence-corrected chi connectivity index (χ4v) is 4.38. The Labute approximate surface area is 161 Å². The number of sulfonamides is 1. The molecule has 1 saturated heterocycles. The Morgan fingerprint density at radius 1 is 1.11 bits per heavy atom. The van der Waals surface area contributed by atoms with Crippen LogP contribution in [0, 0.1) is 0 Å². The summed E-state index contributed by atoms with van der Waals surface area (Å²) in [6.07, 6.45) is 3.20. The van der Waals surface area contributed by atoms with Gasteiger partial charge in [0.05, 0.1) is 16.7 Å². The second-order valence-electron chi connectivity index (χ2n) is 6.19. The Morgan fingerprint density at radius 3 is 2.54 bits per heavy atom. The number of hydrogen-bond donors (Lipinski definition) is 0. The number of furan rings is 1. The van der Waals surface area contributed by atoms with Crippen LogP contribution in [0.4, 0.5) is 0 Å². The summed E-state index contributed by atoms with van der Waals surface area (Å²) in [5.41, 5.74) is 0.228. The zero-order valence-electron chi connectivity index (χ0n) is 14.8. The molecule has 0 amide bonds. The highest BCUT2D eigenvalue weighted by molar-refractivity contribution is 7.89. The van der Waals surface area contributed by atoms with Gasteiger partial charge in [0.1, 0.15) is 0 Å². The lowest BCUT2D eigenvalue weighted by molar-refractivity contribution is 0.0438. The number of carbonyl (C=O) groups is 1. The van der Waals surface area contributed by atoms with Gasteiger partial charge in [-0.3, -0.25) is 0 Å². The molecule has 0 spiro atoms. The molecule has 0 atom stereocenters. The highest BCUT2D eigenvalue weighted by Crippen LogP contribution is 2.22. The van der Waals surface area contributed by atoms with Gasteiger partial charge in [-0.05, 0) is 49.2 Å². The summed E-state index contributed by atoms with van der Waals surface area (Å²) in [6, 6.07) is 9.02. The van der Waals surface area contributed by atoms with Crippen LogP contribution in [-0.2, 0) is 21.4 Å². The smallest absolute Gasteiger partial charge is 0.338 e. The van der Waals surface area contributed by atoms with Gasteiger partial charge in [-0.2, -0.15) is 4.31 Å².